The van der Waals surface area contributed by atoms with Crippen LogP contribution in [0.4, 0.5) is 0 Å². The van der Waals surface area contributed by atoms with E-state index < -0.39 is 11.2 Å². The zero-order valence-corrected chi connectivity index (χ0v) is 28.6. The molecule has 2 rings (SSSR count). The van der Waals surface area contributed by atoms with Gasteiger partial charge in [0.1, 0.15) is 13.2 Å². The predicted octanol–water partition coefficient (Wildman–Crippen LogP) is 6.31. The van der Waals surface area contributed by atoms with E-state index in [1.807, 2.05) is 34.6 Å². The van der Waals surface area contributed by atoms with Crippen LogP contribution in [-0.2, 0) is 28.5 Å². The largest absolute Gasteiger partial charge is 0.463 e. The fourth-order valence-corrected chi connectivity index (χ4v) is 5.67. The van der Waals surface area contributed by atoms with Crippen LogP contribution in [0.1, 0.15) is 114 Å². The summed E-state index contributed by atoms with van der Waals surface area (Å²) in [6, 6.07) is 0.688. The van der Waals surface area contributed by atoms with Crippen molar-refractivity contribution in [3.63, 3.8) is 0 Å². The fraction of sp³-hybridized carbons (Fsp3) is 0.941. The highest BCUT2D eigenvalue weighted by Crippen LogP contribution is 2.38. The van der Waals surface area contributed by atoms with Gasteiger partial charge in [0, 0.05) is 12.6 Å². The van der Waals surface area contributed by atoms with Crippen molar-refractivity contribution in [1.29, 1.82) is 0 Å². The summed E-state index contributed by atoms with van der Waals surface area (Å²) in [5.74, 6) is 0.480. The molecule has 8 heteroatoms. The monoisotopic (exact) mass is 596 g/mol. The summed E-state index contributed by atoms with van der Waals surface area (Å²) in [6.45, 7) is 24.4. The number of likely N-dealkylation sites (tertiary alicyclic amines) is 2. The van der Waals surface area contributed by atoms with Gasteiger partial charge in [-0.2, -0.15) is 0 Å². The van der Waals surface area contributed by atoms with Crippen LogP contribution >= 0.6 is 0 Å². The van der Waals surface area contributed by atoms with Gasteiger partial charge in [0.2, 0.25) is 0 Å². The molecule has 0 unspecified atom stereocenters. The van der Waals surface area contributed by atoms with Gasteiger partial charge in [-0.05, 0) is 111 Å². The molecule has 8 nitrogen and oxygen atoms in total. The molecule has 2 aliphatic heterocycles. The maximum Gasteiger partial charge on any atom is 0.312 e. The molecule has 2 aliphatic rings. The molecular weight excluding hydrogens is 532 g/mol. The van der Waals surface area contributed by atoms with E-state index in [0.717, 1.165) is 31.5 Å². The van der Waals surface area contributed by atoms with E-state index >= 15 is 0 Å². The molecule has 0 aromatic rings. The lowest BCUT2D eigenvalue weighted by atomic mass is 9.69. The lowest BCUT2D eigenvalue weighted by Gasteiger charge is -2.36. The lowest BCUT2D eigenvalue weighted by Crippen LogP contribution is -2.39. The third-order valence-corrected chi connectivity index (χ3v) is 9.89. The van der Waals surface area contributed by atoms with E-state index in [1.165, 1.54) is 58.0 Å². The van der Waals surface area contributed by atoms with Gasteiger partial charge in [-0.15, -0.1) is 0 Å². The predicted molar refractivity (Wildman–Crippen MR) is 168 cm³/mol. The average molecular weight is 597 g/mol. The first-order chi connectivity index (χ1) is 19.6. The van der Waals surface area contributed by atoms with Crippen molar-refractivity contribution in [1.82, 2.24) is 9.80 Å². The lowest BCUT2D eigenvalue weighted by molar-refractivity contribution is -0.224. The van der Waals surface area contributed by atoms with Crippen molar-refractivity contribution >= 4 is 11.9 Å². The number of carbonyl (C=O) groups excluding carboxylic acids is 2. The van der Waals surface area contributed by atoms with Crippen molar-refractivity contribution < 1.29 is 28.5 Å². The minimum atomic E-state index is -0.867. The average Bonchev–Trinajstić information content (AvgIpc) is 2.92. The van der Waals surface area contributed by atoms with Crippen molar-refractivity contribution in [3.8, 4) is 0 Å². The van der Waals surface area contributed by atoms with Crippen LogP contribution in [0.15, 0.2) is 0 Å². The van der Waals surface area contributed by atoms with Crippen molar-refractivity contribution in [2.75, 3.05) is 59.2 Å². The molecule has 0 atom stereocenters. The van der Waals surface area contributed by atoms with E-state index in [2.05, 4.69) is 23.6 Å². The van der Waals surface area contributed by atoms with E-state index in [1.54, 1.807) is 13.8 Å². The van der Waals surface area contributed by atoms with E-state index in [-0.39, 0.29) is 43.8 Å². The first-order valence-corrected chi connectivity index (χ1v) is 16.7. The number of hydrogen-bond donors (Lipinski definition) is 0. The number of rotatable bonds is 17. The highest BCUT2D eigenvalue weighted by molar-refractivity contribution is 5.76. The van der Waals surface area contributed by atoms with Crippen LogP contribution in [0.25, 0.3) is 0 Å². The molecule has 42 heavy (non-hydrogen) atoms. The first-order valence-electron chi connectivity index (χ1n) is 16.7. The molecule has 0 aromatic heterocycles. The summed E-state index contributed by atoms with van der Waals surface area (Å²) in [4.78, 5) is 29.7. The van der Waals surface area contributed by atoms with Crippen LogP contribution in [-0.4, -0.2) is 92.7 Å². The summed E-state index contributed by atoms with van der Waals surface area (Å²) < 4.78 is 22.3. The number of esters is 2. The molecular formula is C34H64N2O6. The van der Waals surface area contributed by atoms with Crippen LogP contribution in [0.3, 0.4) is 0 Å². The SMILES string of the molecule is CC(C)N1CCC(CCCC2CCN(CCC(=O)OCCOC(C)(C)OCCOC(=O)C(C)(C)C(C)(C)C)CC2)CC1. The Morgan fingerprint density at radius 1 is 0.738 bits per heavy atom. The quantitative estimate of drug-likeness (QED) is 0.110. The summed E-state index contributed by atoms with van der Waals surface area (Å²) in [5.41, 5.74) is -0.795. The molecule has 2 saturated heterocycles. The van der Waals surface area contributed by atoms with Gasteiger partial charge in [0.25, 0.3) is 0 Å². The topological polar surface area (TPSA) is 77.5 Å². The van der Waals surface area contributed by atoms with Crippen LogP contribution < -0.4 is 0 Å². The molecule has 0 radical (unpaired) electrons. The van der Waals surface area contributed by atoms with Crippen molar-refractivity contribution in [2.45, 2.75) is 126 Å². The van der Waals surface area contributed by atoms with Crippen LogP contribution in [0.5, 0.6) is 0 Å². The Kier molecular flexibility index (Phi) is 15.2. The second-order valence-corrected chi connectivity index (χ2v) is 14.9. The third-order valence-electron chi connectivity index (χ3n) is 9.89. The zero-order valence-electron chi connectivity index (χ0n) is 28.6. The highest BCUT2D eigenvalue weighted by atomic mass is 16.7. The summed E-state index contributed by atoms with van der Waals surface area (Å²) in [5, 5.41) is 0. The molecule has 0 aliphatic carbocycles. The van der Waals surface area contributed by atoms with E-state index in [4.69, 9.17) is 18.9 Å². The minimum Gasteiger partial charge on any atom is -0.463 e. The molecule has 0 amide bonds. The Labute approximate surface area is 257 Å². The Morgan fingerprint density at radius 3 is 1.74 bits per heavy atom. The standard InChI is InChI=1S/C34H64N2O6/c1-27(2)36-21-15-29(16-22-36)12-10-11-28-13-18-35(19-14-28)20-17-30(37)39-23-25-41-34(8,9)42-26-24-40-31(38)33(6,7)32(3,4)5/h27-29H,10-26H2,1-9H3. The third kappa shape index (κ3) is 13.2. The Balaban J connectivity index is 1.47. The summed E-state index contributed by atoms with van der Waals surface area (Å²) in [7, 11) is 0. The van der Waals surface area contributed by atoms with Gasteiger partial charge >= 0.3 is 11.9 Å². The number of piperidine rings is 2. The molecule has 0 bridgehead atoms. The second kappa shape index (κ2) is 17.3. The smallest absolute Gasteiger partial charge is 0.312 e. The van der Waals surface area contributed by atoms with Gasteiger partial charge in [0.05, 0.1) is 25.0 Å². The van der Waals surface area contributed by atoms with Gasteiger partial charge < -0.3 is 28.7 Å². The van der Waals surface area contributed by atoms with E-state index in [9.17, 15) is 9.59 Å². The van der Waals surface area contributed by atoms with Crippen molar-refractivity contribution in [2.24, 2.45) is 22.7 Å². The van der Waals surface area contributed by atoms with Gasteiger partial charge in [-0.1, -0.05) is 40.0 Å². The molecule has 2 heterocycles. The minimum absolute atomic E-state index is 0.162. The number of carbonyl (C=O) groups is 2. The first kappa shape index (κ1) is 37.0. The van der Waals surface area contributed by atoms with Gasteiger partial charge in [0.15, 0.2) is 5.79 Å². The molecule has 0 aromatic carbocycles. The number of nitrogens with zero attached hydrogens (tertiary/aromatic N) is 2. The molecule has 246 valence electrons. The molecule has 0 spiro atoms. The van der Waals surface area contributed by atoms with E-state index in [0.29, 0.717) is 12.5 Å². The maximum atomic E-state index is 12.4. The highest BCUT2D eigenvalue weighted by Gasteiger charge is 2.41. The summed E-state index contributed by atoms with van der Waals surface area (Å²) >= 11 is 0. The van der Waals surface area contributed by atoms with Crippen LogP contribution in [0.2, 0.25) is 0 Å². The Bertz CT molecular complexity index is 790. The Hall–Kier alpha value is -1.22. The van der Waals surface area contributed by atoms with Gasteiger partial charge in [-0.25, -0.2) is 0 Å². The number of hydrogen-bond acceptors (Lipinski definition) is 8. The molecule has 0 N–H and O–H groups in total. The fourth-order valence-electron chi connectivity index (χ4n) is 5.67. The number of ether oxygens (including phenoxy) is 4. The maximum absolute atomic E-state index is 12.4. The summed E-state index contributed by atoms with van der Waals surface area (Å²) in [6.07, 6.45) is 9.79. The normalized spacial score (nSPS) is 18.9. The van der Waals surface area contributed by atoms with Crippen LogP contribution in [0, 0.1) is 22.7 Å². The molecule has 2 fully saturated rings. The zero-order chi connectivity index (χ0) is 31.4. The van der Waals surface area contributed by atoms with Crippen molar-refractivity contribution in [3.05, 3.63) is 0 Å². The van der Waals surface area contributed by atoms with Gasteiger partial charge in [-0.3, -0.25) is 9.59 Å². The molecule has 0 saturated carbocycles. The second-order valence-electron chi connectivity index (χ2n) is 14.9. The Morgan fingerprint density at radius 2 is 1.24 bits per heavy atom.